The molecule has 6 heteroatoms. The van der Waals surface area contributed by atoms with Crippen molar-refractivity contribution in [1.29, 1.82) is 0 Å². The van der Waals surface area contributed by atoms with Crippen molar-refractivity contribution in [2.75, 3.05) is 38.2 Å². The predicted molar refractivity (Wildman–Crippen MR) is 74.7 cm³/mol. The summed E-state index contributed by atoms with van der Waals surface area (Å²) in [6.45, 7) is 4.47. The fourth-order valence-electron chi connectivity index (χ4n) is 3.11. The minimum Gasteiger partial charge on any atom is -0.339 e. The third kappa shape index (κ3) is 3.48. The number of hydrogen-bond acceptors (Lipinski definition) is 4. The molecule has 2 saturated heterocycles. The lowest BCUT2D eigenvalue weighted by molar-refractivity contribution is -0.138. The molecule has 0 aliphatic carbocycles. The molecule has 2 fully saturated rings. The van der Waals surface area contributed by atoms with E-state index in [0.29, 0.717) is 13.0 Å². The summed E-state index contributed by atoms with van der Waals surface area (Å²) < 4.78 is 23.1. The Morgan fingerprint density at radius 3 is 2.37 bits per heavy atom. The van der Waals surface area contributed by atoms with Gasteiger partial charge in [-0.05, 0) is 46.3 Å². The highest BCUT2D eigenvalue weighted by Crippen LogP contribution is 2.24. The molecule has 0 bridgehead atoms. The summed E-state index contributed by atoms with van der Waals surface area (Å²) in [4.78, 5) is 16.6. The fourth-order valence-corrected chi connectivity index (χ4v) is 4.84. The van der Waals surface area contributed by atoms with E-state index in [2.05, 4.69) is 11.9 Å². The number of carbonyl (C=O) groups excluding carboxylic acids is 1. The first-order valence-electron chi connectivity index (χ1n) is 7.12. The maximum absolute atomic E-state index is 12.5. The molecule has 110 valence electrons. The van der Waals surface area contributed by atoms with Gasteiger partial charge >= 0.3 is 0 Å². The zero-order valence-electron chi connectivity index (χ0n) is 11.8. The van der Waals surface area contributed by atoms with Crippen LogP contribution < -0.4 is 0 Å². The van der Waals surface area contributed by atoms with Crippen molar-refractivity contribution in [3.8, 4) is 0 Å². The molecule has 1 atom stereocenters. The van der Waals surface area contributed by atoms with Gasteiger partial charge in [0.1, 0.15) is 0 Å². The Hall–Kier alpha value is -0.620. The SMILES string of the molecule is CCN(C(=O)C1CCN(C)CC1)C1CCS(=O)(=O)C1. The lowest BCUT2D eigenvalue weighted by Crippen LogP contribution is -2.46. The monoisotopic (exact) mass is 288 g/mol. The maximum Gasteiger partial charge on any atom is 0.226 e. The van der Waals surface area contributed by atoms with E-state index in [1.165, 1.54) is 0 Å². The van der Waals surface area contributed by atoms with Gasteiger partial charge in [-0.2, -0.15) is 0 Å². The van der Waals surface area contributed by atoms with Crippen LogP contribution in [0, 0.1) is 5.92 Å². The molecule has 19 heavy (non-hydrogen) atoms. The van der Waals surface area contributed by atoms with Gasteiger partial charge in [0, 0.05) is 18.5 Å². The molecule has 2 rings (SSSR count). The second-order valence-electron chi connectivity index (χ2n) is 5.76. The number of amides is 1. The molecule has 0 radical (unpaired) electrons. The van der Waals surface area contributed by atoms with Crippen molar-refractivity contribution < 1.29 is 13.2 Å². The second kappa shape index (κ2) is 5.79. The van der Waals surface area contributed by atoms with Gasteiger partial charge in [-0.25, -0.2) is 8.42 Å². The summed E-state index contributed by atoms with van der Waals surface area (Å²) in [7, 11) is -0.854. The van der Waals surface area contributed by atoms with Crippen molar-refractivity contribution in [2.24, 2.45) is 5.92 Å². The molecule has 0 spiro atoms. The van der Waals surface area contributed by atoms with Crippen LogP contribution in [0.5, 0.6) is 0 Å². The van der Waals surface area contributed by atoms with Crippen LogP contribution in [0.4, 0.5) is 0 Å². The van der Waals surface area contributed by atoms with Crippen LogP contribution in [0.15, 0.2) is 0 Å². The quantitative estimate of drug-likeness (QED) is 0.752. The summed E-state index contributed by atoms with van der Waals surface area (Å²) in [5.74, 6) is 0.630. The number of rotatable bonds is 3. The summed E-state index contributed by atoms with van der Waals surface area (Å²) in [5.41, 5.74) is 0. The van der Waals surface area contributed by atoms with Gasteiger partial charge in [-0.15, -0.1) is 0 Å². The highest BCUT2D eigenvalue weighted by Gasteiger charge is 2.36. The molecule has 2 aliphatic rings. The smallest absolute Gasteiger partial charge is 0.226 e. The van der Waals surface area contributed by atoms with Gasteiger partial charge in [0.25, 0.3) is 0 Å². The van der Waals surface area contributed by atoms with Crippen molar-refractivity contribution in [3.05, 3.63) is 0 Å². The number of likely N-dealkylation sites (tertiary alicyclic amines) is 1. The first-order chi connectivity index (χ1) is 8.93. The normalized spacial score (nSPS) is 28.4. The molecule has 2 aliphatic heterocycles. The third-order valence-corrected chi connectivity index (χ3v) is 6.09. The molecule has 5 nitrogen and oxygen atoms in total. The lowest BCUT2D eigenvalue weighted by atomic mass is 9.95. The van der Waals surface area contributed by atoms with Gasteiger partial charge in [0.15, 0.2) is 9.84 Å². The molecule has 2 heterocycles. The van der Waals surface area contributed by atoms with E-state index < -0.39 is 9.84 Å². The Labute approximate surface area is 115 Å². The Morgan fingerprint density at radius 2 is 1.89 bits per heavy atom. The molecule has 1 unspecified atom stereocenters. The van der Waals surface area contributed by atoms with Crippen molar-refractivity contribution in [3.63, 3.8) is 0 Å². The molecule has 0 aromatic rings. The third-order valence-electron chi connectivity index (χ3n) is 4.34. The molecule has 0 aromatic heterocycles. The highest BCUT2D eigenvalue weighted by atomic mass is 32.2. The fraction of sp³-hybridized carbons (Fsp3) is 0.923. The van der Waals surface area contributed by atoms with E-state index in [1.807, 2.05) is 6.92 Å². The van der Waals surface area contributed by atoms with Crippen LogP contribution in [0.1, 0.15) is 26.2 Å². The number of hydrogen-bond donors (Lipinski definition) is 0. The van der Waals surface area contributed by atoms with Crippen LogP contribution in [0.2, 0.25) is 0 Å². The topological polar surface area (TPSA) is 57.7 Å². The van der Waals surface area contributed by atoms with Crippen LogP contribution in [-0.4, -0.2) is 68.4 Å². The summed E-state index contributed by atoms with van der Waals surface area (Å²) in [5, 5.41) is 0. The molecule has 1 amide bonds. The van der Waals surface area contributed by atoms with E-state index in [4.69, 9.17) is 0 Å². The largest absolute Gasteiger partial charge is 0.339 e. The molecule has 0 saturated carbocycles. The molecular weight excluding hydrogens is 264 g/mol. The van der Waals surface area contributed by atoms with Crippen LogP contribution >= 0.6 is 0 Å². The van der Waals surface area contributed by atoms with Gasteiger partial charge in [-0.1, -0.05) is 0 Å². The van der Waals surface area contributed by atoms with E-state index in [0.717, 1.165) is 25.9 Å². The van der Waals surface area contributed by atoms with Crippen molar-refractivity contribution >= 4 is 15.7 Å². The second-order valence-corrected chi connectivity index (χ2v) is 7.99. The van der Waals surface area contributed by atoms with E-state index in [1.54, 1.807) is 4.90 Å². The molecular formula is C13H24N2O3S. The number of nitrogens with zero attached hydrogens (tertiary/aromatic N) is 2. The zero-order valence-corrected chi connectivity index (χ0v) is 12.7. The molecule has 0 N–H and O–H groups in total. The van der Waals surface area contributed by atoms with Crippen LogP contribution in [-0.2, 0) is 14.6 Å². The first-order valence-corrected chi connectivity index (χ1v) is 8.94. The van der Waals surface area contributed by atoms with Crippen LogP contribution in [0.25, 0.3) is 0 Å². The Bertz CT molecular complexity index is 427. The Kier molecular flexibility index (Phi) is 4.50. The Balaban J connectivity index is 1.99. The number of piperidine rings is 1. The van der Waals surface area contributed by atoms with Gasteiger partial charge in [0.05, 0.1) is 11.5 Å². The summed E-state index contributed by atoms with van der Waals surface area (Å²) in [6, 6.07) is -0.0952. The minimum atomic E-state index is -2.93. The zero-order chi connectivity index (χ0) is 14.0. The maximum atomic E-state index is 12.5. The Morgan fingerprint density at radius 1 is 1.26 bits per heavy atom. The average molecular weight is 288 g/mol. The van der Waals surface area contributed by atoms with Crippen molar-refractivity contribution in [1.82, 2.24) is 9.80 Å². The highest BCUT2D eigenvalue weighted by molar-refractivity contribution is 7.91. The summed E-state index contributed by atoms with van der Waals surface area (Å²) in [6.07, 6.45) is 2.39. The number of sulfone groups is 1. The van der Waals surface area contributed by atoms with E-state index in [9.17, 15) is 13.2 Å². The van der Waals surface area contributed by atoms with Gasteiger partial charge in [-0.3, -0.25) is 4.79 Å². The van der Waals surface area contributed by atoms with Gasteiger partial charge in [0.2, 0.25) is 5.91 Å². The predicted octanol–water partition coefficient (Wildman–Crippen LogP) is 0.364. The number of carbonyl (C=O) groups is 1. The standard InChI is InChI=1S/C13H24N2O3S/c1-3-15(12-6-9-19(17,18)10-12)13(16)11-4-7-14(2)8-5-11/h11-12H,3-10H2,1-2H3. The first kappa shape index (κ1) is 14.8. The average Bonchev–Trinajstić information content (AvgIpc) is 2.71. The van der Waals surface area contributed by atoms with Crippen LogP contribution in [0.3, 0.4) is 0 Å². The molecule has 0 aromatic carbocycles. The minimum absolute atomic E-state index is 0.0828. The van der Waals surface area contributed by atoms with Crippen molar-refractivity contribution in [2.45, 2.75) is 32.2 Å². The lowest BCUT2D eigenvalue weighted by Gasteiger charge is -2.34. The summed E-state index contributed by atoms with van der Waals surface area (Å²) >= 11 is 0. The van der Waals surface area contributed by atoms with Gasteiger partial charge < -0.3 is 9.80 Å². The van der Waals surface area contributed by atoms with E-state index in [-0.39, 0.29) is 29.4 Å². The van der Waals surface area contributed by atoms with E-state index >= 15 is 0 Å².